The van der Waals surface area contributed by atoms with Crippen LogP contribution in [0, 0.1) is 0 Å². The first kappa shape index (κ1) is 13.1. The number of amides is 1. The monoisotopic (exact) mass is 260 g/mol. The summed E-state index contributed by atoms with van der Waals surface area (Å²) in [5.74, 6) is 0. The van der Waals surface area contributed by atoms with E-state index in [0.717, 1.165) is 5.69 Å². The summed E-state index contributed by atoms with van der Waals surface area (Å²) in [6, 6.07) is 7.30. The Morgan fingerprint density at radius 3 is 2.68 bits per heavy atom. The topological polar surface area (TPSA) is 69.0 Å². The van der Waals surface area contributed by atoms with Crippen molar-refractivity contribution in [3.8, 4) is 5.69 Å². The van der Waals surface area contributed by atoms with Crippen LogP contribution in [0.1, 0.15) is 20.8 Å². The van der Waals surface area contributed by atoms with Crippen LogP contribution in [-0.4, -0.2) is 26.5 Å². The van der Waals surface area contributed by atoms with Gasteiger partial charge in [-0.15, -0.1) is 0 Å². The zero-order chi connectivity index (χ0) is 13.9. The number of carbonyl (C=O) groups is 1. The summed E-state index contributed by atoms with van der Waals surface area (Å²) in [6.07, 6.45) is 2.50. The lowest BCUT2D eigenvalue weighted by Crippen LogP contribution is -2.27. The van der Waals surface area contributed by atoms with Crippen molar-refractivity contribution in [2.75, 3.05) is 5.32 Å². The minimum atomic E-state index is -0.535. The maximum Gasteiger partial charge on any atom is 0.412 e. The van der Waals surface area contributed by atoms with Gasteiger partial charge in [0, 0.05) is 0 Å². The average Bonchev–Trinajstić information content (AvgIpc) is 2.80. The van der Waals surface area contributed by atoms with Gasteiger partial charge in [-0.05, 0) is 32.9 Å². The molecule has 2 aromatic rings. The molecule has 0 spiro atoms. The lowest BCUT2D eigenvalue weighted by Gasteiger charge is -2.20. The number of anilines is 1. The third kappa shape index (κ3) is 3.54. The smallest absolute Gasteiger partial charge is 0.412 e. The predicted octanol–water partition coefficient (Wildman–Crippen LogP) is 2.61. The summed E-state index contributed by atoms with van der Waals surface area (Å²) in [7, 11) is 0. The fourth-order valence-corrected chi connectivity index (χ4v) is 1.53. The highest BCUT2D eigenvalue weighted by Gasteiger charge is 2.17. The average molecular weight is 260 g/mol. The fraction of sp³-hybridized carbons (Fsp3) is 0.308. The SMILES string of the molecule is CC(C)(C)OC(=O)Nc1ccccc1-n1cncn1. The molecule has 0 radical (unpaired) electrons. The van der Waals surface area contributed by atoms with Gasteiger partial charge in [-0.25, -0.2) is 14.5 Å². The lowest BCUT2D eigenvalue weighted by atomic mass is 10.2. The van der Waals surface area contributed by atoms with Gasteiger partial charge in [0.1, 0.15) is 18.3 Å². The van der Waals surface area contributed by atoms with Crippen molar-refractivity contribution >= 4 is 11.8 Å². The highest BCUT2D eigenvalue weighted by atomic mass is 16.6. The Morgan fingerprint density at radius 1 is 1.32 bits per heavy atom. The van der Waals surface area contributed by atoms with Gasteiger partial charge in [-0.1, -0.05) is 12.1 Å². The summed E-state index contributed by atoms with van der Waals surface area (Å²) in [6.45, 7) is 5.45. The quantitative estimate of drug-likeness (QED) is 0.901. The van der Waals surface area contributed by atoms with Crippen molar-refractivity contribution in [2.45, 2.75) is 26.4 Å². The molecule has 0 aliphatic carbocycles. The zero-order valence-electron chi connectivity index (χ0n) is 11.1. The molecule has 100 valence electrons. The molecule has 1 amide bonds. The van der Waals surface area contributed by atoms with Crippen LogP contribution >= 0.6 is 0 Å². The number of benzene rings is 1. The van der Waals surface area contributed by atoms with Crippen LogP contribution in [0.4, 0.5) is 10.5 Å². The summed E-state index contributed by atoms with van der Waals surface area (Å²) in [5, 5.41) is 6.75. The molecule has 0 unspecified atom stereocenters. The first-order valence-electron chi connectivity index (χ1n) is 5.90. The van der Waals surface area contributed by atoms with E-state index in [1.165, 1.54) is 6.33 Å². The molecule has 0 atom stereocenters. The third-order valence-electron chi connectivity index (χ3n) is 2.21. The normalized spacial score (nSPS) is 11.1. The van der Waals surface area contributed by atoms with Gasteiger partial charge >= 0.3 is 6.09 Å². The molecule has 1 heterocycles. The molecule has 6 heteroatoms. The van der Waals surface area contributed by atoms with Crippen molar-refractivity contribution in [1.29, 1.82) is 0 Å². The summed E-state index contributed by atoms with van der Waals surface area (Å²) < 4.78 is 6.79. The number of ether oxygens (including phenoxy) is 1. The molecule has 0 aliphatic heterocycles. The van der Waals surface area contributed by atoms with Crippen molar-refractivity contribution < 1.29 is 9.53 Å². The molecular formula is C13H16N4O2. The number of aromatic nitrogens is 3. The highest BCUT2D eigenvalue weighted by Crippen LogP contribution is 2.19. The van der Waals surface area contributed by atoms with E-state index in [-0.39, 0.29) is 0 Å². The number of nitrogens with zero attached hydrogens (tertiary/aromatic N) is 3. The molecule has 0 bridgehead atoms. The van der Waals surface area contributed by atoms with Crippen molar-refractivity contribution in [3.05, 3.63) is 36.9 Å². The van der Waals surface area contributed by atoms with E-state index in [0.29, 0.717) is 5.69 Å². The van der Waals surface area contributed by atoms with E-state index in [9.17, 15) is 4.79 Å². The van der Waals surface area contributed by atoms with Crippen LogP contribution in [0.15, 0.2) is 36.9 Å². The van der Waals surface area contributed by atoms with E-state index >= 15 is 0 Å². The van der Waals surface area contributed by atoms with Crippen molar-refractivity contribution in [3.63, 3.8) is 0 Å². The van der Waals surface area contributed by atoms with Gasteiger partial charge in [0.25, 0.3) is 0 Å². The molecule has 0 saturated carbocycles. The van der Waals surface area contributed by atoms with Crippen LogP contribution in [0.2, 0.25) is 0 Å². The molecule has 1 aromatic heterocycles. The van der Waals surface area contributed by atoms with Gasteiger partial charge in [-0.3, -0.25) is 5.32 Å². The Bertz CT molecular complexity index is 558. The van der Waals surface area contributed by atoms with Gasteiger partial charge in [0.15, 0.2) is 0 Å². The van der Waals surface area contributed by atoms with E-state index in [1.807, 2.05) is 39.0 Å². The largest absolute Gasteiger partial charge is 0.444 e. The third-order valence-corrected chi connectivity index (χ3v) is 2.21. The second kappa shape index (κ2) is 5.09. The Labute approximate surface area is 111 Å². The first-order chi connectivity index (χ1) is 8.96. The molecule has 0 aliphatic rings. The number of rotatable bonds is 2. The van der Waals surface area contributed by atoms with Gasteiger partial charge in [-0.2, -0.15) is 5.10 Å². The van der Waals surface area contributed by atoms with E-state index in [4.69, 9.17) is 4.74 Å². The molecule has 0 fully saturated rings. The van der Waals surface area contributed by atoms with Crippen LogP contribution in [-0.2, 0) is 4.74 Å². The van der Waals surface area contributed by atoms with Crippen LogP contribution < -0.4 is 5.32 Å². The van der Waals surface area contributed by atoms with Crippen molar-refractivity contribution in [1.82, 2.24) is 14.8 Å². The van der Waals surface area contributed by atoms with E-state index in [2.05, 4.69) is 15.4 Å². The fourth-order valence-electron chi connectivity index (χ4n) is 1.53. The summed E-state index contributed by atoms with van der Waals surface area (Å²) >= 11 is 0. The Hall–Kier alpha value is -2.37. The number of carbonyl (C=O) groups excluding carboxylic acids is 1. The minimum Gasteiger partial charge on any atom is -0.444 e. The number of para-hydroxylation sites is 2. The Kier molecular flexibility index (Phi) is 3.50. The number of hydrogen-bond donors (Lipinski definition) is 1. The van der Waals surface area contributed by atoms with E-state index < -0.39 is 11.7 Å². The molecule has 0 saturated heterocycles. The Morgan fingerprint density at radius 2 is 2.05 bits per heavy atom. The van der Waals surface area contributed by atoms with Crippen molar-refractivity contribution in [2.24, 2.45) is 0 Å². The van der Waals surface area contributed by atoms with Crippen LogP contribution in [0.25, 0.3) is 5.69 Å². The second-order valence-corrected chi connectivity index (χ2v) is 4.98. The molecule has 1 aromatic carbocycles. The molecule has 6 nitrogen and oxygen atoms in total. The Balaban J connectivity index is 2.20. The molecule has 2 rings (SSSR count). The minimum absolute atomic E-state index is 0.500. The van der Waals surface area contributed by atoms with Crippen LogP contribution in [0.5, 0.6) is 0 Å². The molecule has 1 N–H and O–H groups in total. The first-order valence-corrected chi connectivity index (χ1v) is 5.90. The van der Waals surface area contributed by atoms with Gasteiger partial charge in [0.2, 0.25) is 0 Å². The summed E-state index contributed by atoms with van der Waals surface area (Å²) in [5.41, 5.74) is 0.805. The summed E-state index contributed by atoms with van der Waals surface area (Å²) in [4.78, 5) is 15.7. The lowest BCUT2D eigenvalue weighted by molar-refractivity contribution is 0.0636. The number of nitrogens with one attached hydrogen (secondary N) is 1. The van der Waals surface area contributed by atoms with Gasteiger partial charge in [0.05, 0.1) is 11.4 Å². The standard InChI is InChI=1S/C13H16N4O2/c1-13(2,3)19-12(18)16-10-6-4-5-7-11(10)17-9-14-8-15-17/h4-9H,1-3H3,(H,16,18). The second-order valence-electron chi connectivity index (χ2n) is 4.98. The molecular weight excluding hydrogens is 244 g/mol. The maximum absolute atomic E-state index is 11.8. The predicted molar refractivity (Wildman–Crippen MR) is 71.2 cm³/mol. The zero-order valence-corrected chi connectivity index (χ0v) is 11.1. The number of hydrogen-bond acceptors (Lipinski definition) is 4. The van der Waals surface area contributed by atoms with Crippen LogP contribution in [0.3, 0.4) is 0 Å². The maximum atomic E-state index is 11.8. The highest BCUT2D eigenvalue weighted by molar-refractivity contribution is 5.87. The van der Waals surface area contributed by atoms with Gasteiger partial charge < -0.3 is 4.74 Å². The van der Waals surface area contributed by atoms with E-state index in [1.54, 1.807) is 17.1 Å². The molecule has 19 heavy (non-hydrogen) atoms.